The molecule has 5 heteroatoms. The van der Waals surface area contributed by atoms with Crippen molar-refractivity contribution in [3.8, 4) is 0 Å². The van der Waals surface area contributed by atoms with Crippen molar-refractivity contribution in [3.63, 3.8) is 0 Å². The SMILES string of the molecule is O=C(Cc1ccc(F)cc1)c1cc(Cl)c(Br)cc1F. The lowest BCUT2D eigenvalue weighted by Gasteiger charge is -2.05. The van der Waals surface area contributed by atoms with Crippen LogP contribution in [0.4, 0.5) is 8.78 Å². The minimum atomic E-state index is -0.636. The van der Waals surface area contributed by atoms with E-state index in [-0.39, 0.29) is 22.8 Å². The third-order valence-electron chi connectivity index (χ3n) is 2.59. The summed E-state index contributed by atoms with van der Waals surface area (Å²) in [4.78, 5) is 12.0. The van der Waals surface area contributed by atoms with Crippen LogP contribution in [0.15, 0.2) is 40.9 Å². The normalized spacial score (nSPS) is 10.5. The highest BCUT2D eigenvalue weighted by Crippen LogP contribution is 2.26. The van der Waals surface area contributed by atoms with Crippen LogP contribution in [0.5, 0.6) is 0 Å². The average molecular weight is 346 g/mol. The van der Waals surface area contributed by atoms with Crippen LogP contribution in [0.25, 0.3) is 0 Å². The zero-order chi connectivity index (χ0) is 14.0. The Balaban J connectivity index is 2.25. The van der Waals surface area contributed by atoms with E-state index in [1.54, 1.807) is 0 Å². The molecule has 0 aliphatic rings. The Morgan fingerprint density at radius 3 is 2.42 bits per heavy atom. The van der Waals surface area contributed by atoms with Crippen molar-refractivity contribution in [1.29, 1.82) is 0 Å². The molecule has 0 unspecified atom stereocenters. The lowest BCUT2D eigenvalue weighted by Crippen LogP contribution is -2.06. The molecular weight excluding hydrogens is 338 g/mol. The van der Waals surface area contributed by atoms with Crippen LogP contribution in [-0.4, -0.2) is 5.78 Å². The molecule has 0 bridgehead atoms. The van der Waals surface area contributed by atoms with Crippen molar-refractivity contribution >= 4 is 33.3 Å². The van der Waals surface area contributed by atoms with Crippen molar-refractivity contribution in [2.45, 2.75) is 6.42 Å². The number of halogens is 4. The summed E-state index contributed by atoms with van der Waals surface area (Å²) in [7, 11) is 0. The largest absolute Gasteiger partial charge is 0.294 e. The smallest absolute Gasteiger partial charge is 0.170 e. The predicted molar refractivity (Wildman–Crippen MR) is 73.5 cm³/mol. The Hall–Kier alpha value is -1.26. The molecule has 2 aromatic carbocycles. The van der Waals surface area contributed by atoms with Crippen LogP contribution in [-0.2, 0) is 6.42 Å². The van der Waals surface area contributed by atoms with E-state index >= 15 is 0 Å². The van der Waals surface area contributed by atoms with Crippen molar-refractivity contribution in [2.24, 2.45) is 0 Å². The summed E-state index contributed by atoms with van der Waals surface area (Å²) in [5.41, 5.74) is 0.544. The number of benzene rings is 2. The molecule has 0 atom stereocenters. The van der Waals surface area contributed by atoms with Gasteiger partial charge in [0.1, 0.15) is 11.6 Å². The van der Waals surface area contributed by atoms with Gasteiger partial charge in [-0.2, -0.15) is 0 Å². The summed E-state index contributed by atoms with van der Waals surface area (Å²) in [5, 5.41) is 0.267. The summed E-state index contributed by atoms with van der Waals surface area (Å²) < 4.78 is 26.8. The van der Waals surface area contributed by atoms with Crippen LogP contribution in [0.1, 0.15) is 15.9 Å². The summed E-state index contributed by atoms with van der Waals surface area (Å²) in [6.07, 6.45) is -0.00480. The number of ketones is 1. The number of hydrogen-bond donors (Lipinski definition) is 0. The van der Waals surface area contributed by atoms with Gasteiger partial charge in [-0.15, -0.1) is 0 Å². The first kappa shape index (κ1) is 14.2. The first-order chi connectivity index (χ1) is 8.97. The number of rotatable bonds is 3. The van der Waals surface area contributed by atoms with Crippen molar-refractivity contribution < 1.29 is 13.6 Å². The van der Waals surface area contributed by atoms with E-state index in [1.807, 2.05) is 0 Å². The maximum atomic E-state index is 13.7. The molecule has 98 valence electrons. The fourth-order valence-corrected chi connectivity index (χ4v) is 2.10. The van der Waals surface area contributed by atoms with Crippen molar-refractivity contribution in [3.05, 3.63) is 68.7 Å². The van der Waals surface area contributed by atoms with Gasteiger partial charge in [-0.05, 0) is 45.8 Å². The molecule has 0 aliphatic carbocycles. The fourth-order valence-electron chi connectivity index (χ4n) is 1.62. The van der Waals surface area contributed by atoms with Crippen LogP contribution >= 0.6 is 27.5 Å². The van der Waals surface area contributed by atoms with Crippen LogP contribution in [0.3, 0.4) is 0 Å². The summed E-state index contributed by atoms with van der Waals surface area (Å²) in [6, 6.07) is 7.94. The molecule has 0 fully saturated rings. The van der Waals surface area contributed by atoms with E-state index in [0.29, 0.717) is 10.0 Å². The van der Waals surface area contributed by atoms with Gasteiger partial charge in [-0.1, -0.05) is 23.7 Å². The highest BCUT2D eigenvalue weighted by atomic mass is 79.9. The second kappa shape index (κ2) is 5.80. The van der Waals surface area contributed by atoms with Crippen LogP contribution in [0, 0.1) is 11.6 Å². The first-order valence-corrected chi connectivity index (χ1v) is 6.56. The minimum Gasteiger partial charge on any atom is -0.294 e. The van der Waals surface area contributed by atoms with Gasteiger partial charge in [0, 0.05) is 10.9 Å². The van der Waals surface area contributed by atoms with E-state index in [4.69, 9.17) is 11.6 Å². The lowest BCUT2D eigenvalue weighted by molar-refractivity contribution is 0.0989. The number of carbonyl (C=O) groups excluding carboxylic acids is 1. The molecule has 1 nitrogen and oxygen atoms in total. The van der Waals surface area contributed by atoms with E-state index in [2.05, 4.69) is 15.9 Å². The van der Waals surface area contributed by atoms with E-state index in [9.17, 15) is 13.6 Å². The van der Waals surface area contributed by atoms with Gasteiger partial charge in [0.2, 0.25) is 0 Å². The molecule has 0 heterocycles. The van der Waals surface area contributed by atoms with Gasteiger partial charge in [-0.25, -0.2) is 8.78 Å². The molecule has 0 aliphatic heterocycles. The summed E-state index contributed by atoms with van der Waals surface area (Å²) in [5.74, 6) is -1.42. The molecule has 0 radical (unpaired) electrons. The summed E-state index contributed by atoms with van der Waals surface area (Å²) in [6.45, 7) is 0. The fraction of sp³-hybridized carbons (Fsp3) is 0.0714. The number of Topliss-reactive ketones (excluding diaryl/α,β-unsaturated/α-hetero) is 1. The molecule has 0 amide bonds. The molecule has 19 heavy (non-hydrogen) atoms. The predicted octanol–water partition coefficient (Wildman–Crippen LogP) is 4.81. The van der Waals surface area contributed by atoms with Gasteiger partial charge >= 0.3 is 0 Å². The number of hydrogen-bond acceptors (Lipinski definition) is 1. The highest BCUT2D eigenvalue weighted by Gasteiger charge is 2.15. The molecule has 0 saturated carbocycles. The Morgan fingerprint density at radius 1 is 1.16 bits per heavy atom. The molecule has 0 aromatic heterocycles. The monoisotopic (exact) mass is 344 g/mol. The van der Waals surface area contributed by atoms with Crippen molar-refractivity contribution in [1.82, 2.24) is 0 Å². The molecule has 0 N–H and O–H groups in total. The topological polar surface area (TPSA) is 17.1 Å². The Kier molecular flexibility index (Phi) is 4.32. The molecule has 2 rings (SSSR count). The third-order valence-corrected chi connectivity index (χ3v) is 3.79. The van der Waals surface area contributed by atoms with E-state index < -0.39 is 11.6 Å². The zero-order valence-corrected chi connectivity index (χ0v) is 11.9. The Bertz CT molecular complexity index is 626. The van der Waals surface area contributed by atoms with Crippen molar-refractivity contribution in [2.75, 3.05) is 0 Å². The lowest BCUT2D eigenvalue weighted by atomic mass is 10.0. The molecule has 0 spiro atoms. The highest BCUT2D eigenvalue weighted by molar-refractivity contribution is 9.10. The summed E-state index contributed by atoms with van der Waals surface area (Å²) >= 11 is 8.92. The standard InChI is InChI=1S/C14H8BrClF2O/c15-11-7-13(18)10(6-12(11)16)14(19)5-8-1-3-9(17)4-2-8/h1-4,6-7H,5H2. The maximum absolute atomic E-state index is 13.7. The van der Waals surface area contributed by atoms with Gasteiger partial charge in [0.05, 0.1) is 10.6 Å². The van der Waals surface area contributed by atoms with Gasteiger partial charge in [-0.3, -0.25) is 4.79 Å². The van der Waals surface area contributed by atoms with Gasteiger partial charge < -0.3 is 0 Å². The maximum Gasteiger partial charge on any atom is 0.170 e. The van der Waals surface area contributed by atoms with Crippen LogP contribution in [0.2, 0.25) is 5.02 Å². The Labute approximate surface area is 122 Å². The minimum absolute atomic E-state index is 0.00480. The second-order valence-electron chi connectivity index (χ2n) is 3.97. The quantitative estimate of drug-likeness (QED) is 0.576. The third kappa shape index (κ3) is 3.39. The Morgan fingerprint density at radius 2 is 1.79 bits per heavy atom. The van der Waals surface area contributed by atoms with E-state index in [0.717, 1.165) is 6.07 Å². The zero-order valence-electron chi connectivity index (χ0n) is 9.59. The van der Waals surface area contributed by atoms with E-state index in [1.165, 1.54) is 30.3 Å². The average Bonchev–Trinajstić information content (AvgIpc) is 2.36. The number of carbonyl (C=O) groups is 1. The molecular formula is C14H8BrClF2O. The molecule has 2 aromatic rings. The van der Waals surface area contributed by atoms with Gasteiger partial charge in [0.25, 0.3) is 0 Å². The van der Waals surface area contributed by atoms with Gasteiger partial charge in [0.15, 0.2) is 5.78 Å². The van der Waals surface area contributed by atoms with Crippen LogP contribution < -0.4 is 0 Å². The first-order valence-electron chi connectivity index (χ1n) is 5.39. The second-order valence-corrected chi connectivity index (χ2v) is 5.23. The molecule has 0 saturated heterocycles.